The van der Waals surface area contributed by atoms with E-state index in [-0.39, 0.29) is 4.83 Å². The van der Waals surface area contributed by atoms with Crippen LogP contribution in [-0.2, 0) is 11.2 Å². The largest absolute Gasteiger partial charge is 0.302 e. The number of rotatable bonds is 3. The molecule has 0 saturated carbocycles. The number of halogens is 1. The van der Waals surface area contributed by atoms with E-state index in [4.69, 9.17) is 0 Å². The Kier molecular flexibility index (Phi) is 7.60. The maximum atomic E-state index is 10.3. The maximum Gasteiger partial charge on any atom is 0.133 e. The minimum Gasteiger partial charge on any atom is -0.302 e. The van der Waals surface area contributed by atoms with Crippen molar-refractivity contribution in [2.24, 2.45) is 0 Å². The van der Waals surface area contributed by atoms with Gasteiger partial charge in [0.25, 0.3) is 0 Å². The molecule has 0 aliphatic rings. The van der Waals surface area contributed by atoms with E-state index in [0.29, 0.717) is 0 Å². The van der Waals surface area contributed by atoms with Crippen LogP contribution in [0.3, 0.4) is 0 Å². The van der Waals surface area contributed by atoms with Gasteiger partial charge >= 0.3 is 0 Å². The van der Waals surface area contributed by atoms with Crippen LogP contribution in [0.5, 0.6) is 0 Å². The van der Waals surface area contributed by atoms with E-state index in [0.717, 1.165) is 12.7 Å². The van der Waals surface area contributed by atoms with Gasteiger partial charge in [-0.2, -0.15) is 0 Å². The number of hydrogen-bond donors (Lipinski definition) is 0. The standard InChI is InChI=1S/C9H9BrO.C2H6/c10-9(7-11)6-8-4-2-1-3-5-8;1-2/h1-5,7,9H,6H2;1-2H3. The molecule has 0 aliphatic heterocycles. The van der Waals surface area contributed by atoms with E-state index in [2.05, 4.69) is 15.9 Å². The van der Waals surface area contributed by atoms with Crippen molar-refractivity contribution >= 4 is 22.2 Å². The van der Waals surface area contributed by atoms with E-state index < -0.39 is 0 Å². The van der Waals surface area contributed by atoms with Gasteiger partial charge in [0.1, 0.15) is 6.29 Å². The second kappa shape index (κ2) is 7.99. The van der Waals surface area contributed by atoms with Gasteiger partial charge in [-0.05, 0) is 12.0 Å². The first-order valence-corrected chi connectivity index (χ1v) is 5.38. The Morgan fingerprint density at radius 1 is 1.31 bits per heavy atom. The molecule has 0 heterocycles. The number of carbonyl (C=O) groups is 1. The normalized spacial score (nSPS) is 11.0. The van der Waals surface area contributed by atoms with Gasteiger partial charge in [-0.25, -0.2) is 0 Å². The molecule has 0 radical (unpaired) electrons. The minimum absolute atomic E-state index is 0.0510. The molecule has 0 saturated heterocycles. The molecule has 1 unspecified atom stereocenters. The first kappa shape index (κ1) is 12.4. The molecule has 0 fully saturated rings. The van der Waals surface area contributed by atoms with Gasteiger partial charge in [-0.15, -0.1) is 0 Å². The highest BCUT2D eigenvalue weighted by atomic mass is 79.9. The van der Waals surface area contributed by atoms with Crippen molar-refractivity contribution < 1.29 is 4.79 Å². The van der Waals surface area contributed by atoms with Crippen LogP contribution in [0.25, 0.3) is 0 Å². The Balaban J connectivity index is 0.000000671. The van der Waals surface area contributed by atoms with Crippen molar-refractivity contribution in [1.82, 2.24) is 0 Å². The van der Waals surface area contributed by atoms with Crippen molar-refractivity contribution in [2.45, 2.75) is 25.1 Å². The molecular formula is C11H15BrO. The lowest BCUT2D eigenvalue weighted by atomic mass is 10.1. The highest BCUT2D eigenvalue weighted by molar-refractivity contribution is 9.09. The molecule has 72 valence electrons. The van der Waals surface area contributed by atoms with Crippen LogP contribution in [0.1, 0.15) is 19.4 Å². The van der Waals surface area contributed by atoms with Crippen molar-refractivity contribution in [2.75, 3.05) is 0 Å². The Labute approximate surface area is 88.3 Å². The fourth-order valence-electron chi connectivity index (χ4n) is 0.887. The molecule has 0 spiro atoms. The van der Waals surface area contributed by atoms with E-state index in [1.54, 1.807) is 0 Å². The molecule has 0 aromatic heterocycles. The summed E-state index contributed by atoms with van der Waals surface area (Å²) in [5, 5.41) is 0. The smallest absolute Gasteiger partial charge is 0.133 e. The lowest BCUT2D eigenvalue weighted by molar-refractivity contribution is -0.107. The van der Waals surface area contributed by atoms with E-state index in [9.17, 15) is 4.79 Å². The van der Waals surface area contributed by atoms with E-state index >= 15 is 0 Å². The maximum absolute atomic E-state index is 10.3. The Bertz CT molecular complexity index is 221. The van der Waals surface area contributed by atoms with E-state index in [1.165, 1.54) is 5.56 Å². The Morgan fingerprint density at radius 3 is 2.31 bits per heavy atom. The lowest BCUT2D eigenvalue weighted by Crippen LogP contribution is -2.02. The van der Waals surface area contributed by atoms with Crippen LogP contribution in [-0.4, -0.2) is 11.1 Å². The summed E-state index contributed by atoms with van der Waals surface area (Å²) in [6, 6.07) is 9.93. The first-order chi connectivity index (χ1) is 6.33. The molecule has 13 heavy (non-hydrogen) atoms. The van der Waals surface area contributed by atoms with Crippen molar-refractivity contribution in [3.63, 3.8) is 0 Å². The molecule has 0 bridgehead atoms. The van der Waals surface area contributed by atoms with Crippen LogP contribution in [0.15, 0.2) is 30.3 Å². The van der Waals surface area contributed by atoms with E-state index in [1.807, 2.05) is 44.2 Å². The summed E-state index contributed by atoms with van der Waals surface area (Å²) in [6.07, 6.45) is 1.68. The summed E-state index contributed by atoms with van der Waals surface area (Å²) in [6.45, 7) is 4.00. The van der Waals surface area contributed by atoms with Crippen LogP contribution in [0, 0.1) is 0 Å². The van der Waals surface area contributed by atoms with Gasteiger partial charge in [0, 0.05) is 0 Å². The van der Waals surface area contributed by atoms with Gasteiger partial charge in [0.05, 0.1) is 4.83 Å². The van der Waals surface area contributed by atoms with Gasteiger partial charge in [-0.3, -0.25) is 0 Å². The van der Waals surface area contributed by atoms with Gasteiger partial charge in [-0.1, -0.05) is 60.1 Å². The minimum atomic E-state index is -0.0510. The number of aldehydes is 1. The summed E-state index contributed by atoms with van der Waals surface area (Å²) in [5.41, 5.74) is 1.18. The molecule has 1 aromatic rings. The van der Waals surface area contributed by atoms with Gasteiger partial charge in [0.2, 0.25) is 0 Å². The summed E-state index contributed by atoms with van der Waals surface area (Å²) in [5.74, 6) is 0. The zero-order valence-electron chi connectivity index (χ0n) is 8.03. The SMILES string of the molecule is CC.O=CC(Br)Cc1ccccc1. The average molecular weight is 243 g/mol. The highest BCUT2D eigenvalue weighted by Gasteiger charge is 2.01. The monoisotopic (exact) mass is 242 g/mol. The van der Waals surface area contributed by atoms with Crippen LogP contribution in [0.4, 0.5) is 0 Å². The quantitative estimate of drug-likeness (QED) is 0.588. The molecule has 1 nitrogen and oxygen atoms in total. The molecule has 0 N–H and O–H groups in total. The number of hydrogen-bond acceptors (Lipinski definition) is 1. The fraction of sp³-hybridized carbons (Fsp3) is 0.364. The predicted octanol–water partition coefficient (Wildman–Crippen LogP) is 3.22. The molecular weight excluding hydrogens is 228 g/mol. The third-order valence-electron chi connectivity index (χ3n) is 1.42. The average Bonchev–Trinajstić information content (AvgIpc) is 2.22. The van der Waals surface area contributed by atoms with Gasteiger partial charge in [0.15, 0.2) is 0 Å². The number of benzene rings is 1. The molecule has 2 heteroatoms. The fourth-order valence-corrected chi connectivity index (χ4v) is 1.26. The van der Waals surface area contributed by atoms with Gasteiger partial charge < -0.3 is 4.79 Å². The second-order valence-electron chi connectivity index (χ2n) is 2.34. The Morgan fingerprint density at radius 2 is 1.85 bits per heavy atom. The Hall–Kier alpha value is -0.630. The summed E-state index contributed by atoms with van der Waals surface area (Å²) < 4.78 is 0. The number of carbonyl (C=O) groups excluding carboxylic acids is 1. The third-order valence-corrected chi connectivity index (χ3v) is 1.96. The predicted molar refractivity (Wildman–Crippen MR) is 60.3 cm³/mol. The molecule has 1 aromatic carbocycles. The molecule has 1 atom stereocenters. The van der Waals surface area contributed by atoms with Crippen LogP contribution < -0.4 is 0 Å². The molecule has 0 aliphatic carbocycles. The summed E-state index contributed by atoms with van der Waals surface area (Å²) in [7, 11) is 0. The summed E-state index contributed by atoms with van der Waals surface area (Å²) in [4.78, 5) is 10.2. The van der Waals surface area contributed by atoms with Crippen molar-refractivity contribution in [3.8, 4) is 0 Å². The van der Waals surface area contributed by atoms with Crippen molar-refractivity contribution in [1.29, 1.82) is 0 Å². The first-order valence-electron chi connectivity index (χ1n) is 4.46. The highest BCUT2D eigenvalue weighted by Crippen LogP contribution is 2.06. The van der Waals surface area contributed by atoms with Crippen LogP contribution in [0.2, 0.25) is 0 Å². The third kappa shape index (κ3) is 5.58. The lowest BCUT2D eigenvalue weighted by Gasteiger charge is -2.00. The zero-order valence-corrected chi connectivity index (χ0v) is 9.62. The summed E-state index contributed by atoms with van der Waals surface area (Å²) >= 11 is 3.25. The topological polar surface area (TPSA) is 17.1 Å². The van der Waals surface area contributed by atoms with Crippen LogP contribution >= 0.6 is 15.9 Å². The zero-order chi connectivity index (χ0) is 10.1. The second-order valence-corrected chi connectivity index (χ2v) is 3.52. The molecule has 0 amide bonds. The molecule has 1 rings (SSSR count). The van der Waals surface area contributed by atoms with Crippen molar-refractivity contribution in [3.05, 3.63) is 35.9 Å². The number of alkyl halides is 1.